The van der Waals surface area contributed by atoms with E-state index < -0.39 is 12.1 Å². The van der Waals surface area contributed by atoms with Crippen LogP contribution in [0.1, 0.15) is 29.1 Å². The molecule has 4 rings (SSSR count). The largest absolute Gasteiger partial charge is 0.490 e. The van der Waals surface area contributed by atoms with Crippen LogP contribution in [0.2, 0.25) is 0 Å². The van der Waals surface area contributed by atoms with Crippen LogP contribution in [-0.4, -0.2) is 54.2 Å². The van der Waals surface area contributed by atoms with Gasteiger partial charge in [0.25, 0.3) is 5.91 Å². The van der Waals surface area contributed by atoms with Gasteiger partial charge in [-0.05, 0) is 48.5 Å². The first-order valence-electron chi connectivity index (χ1n) is 10.5. The number of halogens is 3. The van der Waals surface area contributed by atoms with Crippen LogP contribution in [0.15, 0.2) is 53.1 Å². The van der Waals surface area contributed by atoms with E-state index in [0.29, 0.717) is 42.8 Å². The summed E-state index contributed by atoms with van der Waals surface area (Å²) in [7, 11) is 3.90. The Balaban J connectivity index is 1.31. The molecule has 1 aliphatic heterocycles. The van der Waals surface area contributed by atoms with Crippen molar-refractivity contribution in [3.8, 4) is 17.1 Å². The maximum Gasteiger partial charge on any atom is 0.471 e. The number of ether oxygens (including phenoxy) is 1. The Morgan fingerprint density at radius 1 is 1.06 bits per heavy atom. The van der Waals surface area contributed by atoms with Gasteiger partial charge in [-0.1, -0.05) is 5.16 Å². The third-order valence-corrected chi connectivity index (χ3v) is 5.44. The first kappa shape index (κ1) is 22.6. The molecule has 0 radical (unpaired) electrons. The van der Waals surface area contributed by atoms with Crippen molar-refractivity contribution >= 4 is 11.6 Å². The molecule has 1 aliphatic rings. The fourth-order valence-electron chi connectivity index (χ4n) is 3.59. The van der Waals surface area contributed by atoms with Gasteiger partial charge in [0.1, 0.15) is 11.9 Å². The Bertz CT molecular complexity index is 1090. The quantitative estimate of drug-likeness (QED) is 0.558. The van der Waals surface area contributed by atoms with Crippen LogP contribution in [0, 0.1) is 0 Å². The molecule has 10 heteroatoms. The number of aromatic nitrogens is 2. The highest BCUT2D eigenvalue weighted by Gasteiger charge is 2.38. The third kappa shape index (κ3) is 5.27. The number of anilines is 1. The number of alkyl halides is 3. The molecule has 1 amide bonds. The van der Waals surface area contributed by atoms with Gasteiger partial charge in [0.2, 0.25) is 5.82 Å². The predicted molar refractivity (Wildman–Crippen MR) is 115 cm³/mol. The lowest BCUT2D eigenvalue weighted by Gasteiger charge is -2.32. The van der Waals surface area contributed by atoms with E-state index in [-0.39, 0.29) is 17.8 Å². The van der Waals surface area contributed by atoms with Crippen LogP contribution >= 0.6 is 0 Å². The predicted octanol–water partition coefficient (Wildman–Crippen LogP) is 4.51. The van der Waals surface area contributed by atoms with Crippen molar-refractivity contribution in [2.45, 2.75) is 25.1 Å². The monoisotopic (exact) mass is 460 g/mol. The van der Waals surface area contributed by atoms with E-state index in [1.54, 1.807) is 24.3 Å². The number of benzene rings is 2. The number of hydrogen-bond acceptors (Lipinski definition) is 6. The highest BCUT2D eigenvalue weighted by molar-refractivity contribution is 5.94. The molecule has 0 atom stereocenters. The molecule has 0 bridgehead atoms. The van der Waals surface area contributed by atoms with Gasteiger partial charge in [-0.2, -0.15) is 18.2 Å². The van der Waals surface area contributed by atoms with Crippen molar-refractivity contribution in [2.75, 3.05) is 32.1 Å². The Morgan fingerprint density at radius 3 is 2.24 bits per heavy atom. The molecular weight excluding hydrogens is 437 g/mol. The van der Waals surface area contributed by atoms with Gasteiger partial charge >= 0.3 is 12.1 Å². The summed E-state index contributed by atoms with van der Waals surface area (Å²) in [5.41, 5.74) is 2.08. The Labute approximate surface area is 188 Å². The van der Waals surface area contributed by atoms with E-state index in [2.05, 4.69) is 14.7 Å². The molecule has 2 aromatic carbocycles. The Hall–Kier alpha value is -3.56. The number of piperidine rings is 1. The van der Waals surface area contributed by atoms with Gasteiger partial charge < -0.3 is 19.1 Å². The van der Waals surface area contributed by atoms with Crippen LogP contribution in [0.5, 0.6) is 5.75 Å². The number of amides is 1. The third-order valence-electron chi connectivity index (χ3n) is 5.44. The van der Waals surface area contributed by atoms with Crippen molar-refractivity contribution in [2.24, 2.45) is 0 Å². The summed E-state index contributed by atoms with van der Waals surface area (Å²) in [5, 5.41) is 3.37. The lowest BCUT2D eigenvalue weighted by atomic mass is 10.1. The summed E-state index contributed by atoms with van der Waals surface area (Å²) >= 11 is 0. The van der Waals surface area contributed by atoms with Gasteiger partial charge in [-0.3, -0.25) is 4.79 Å². The molecule has 174 valence electrons. The Kier molecular flexibility index (Phi) is 6.26. The van der Waals surface area contributed by atoms with Crippen molar-refractivity contribution in [1.82, 2.24) is 15.0 Å². The fraction of sp³-hybridized carbons (Fsp3) is 0.348. The van der Waals surface area contributed by atoms with Crippen LogP contribution in [-0.2, 0) is 6.18 Å². The molecule has 0 N–H and O–H groups in total. The number of carbonyl (C=O) groups excluding carboxylic acids is 1. The van der Waals surface area contributed by atoms with Gasteiger partial charge in [-0.15, -0.1) is 0 Å². The summed E-state index contributed by atoms with van der Waals surface area (Å²) in [5.74, 6) is -0.934. The van der Waals surface area contributed by atoms with E-state index in [1.807, 2.05) is 48.2 Å². The van der Waals surface area contributed by atoms with Crippen molar-refractivity contribution in [1.29, 1.82) is 0 Å². The smallest absolute Gasteiger partial charge is 0.471 e. The lowest BCUT2D eigenvalue weighted by Crippen LogP contribution is -2.41. The average molecular weight is 460 g/mol. The topological polar surface area (TPSA) is 71.7 Å². The normalized spacial score (nSPS) is 14.9. The standard InChI is InChI=1S/C23H23F3N4O3/c1-29(2)17-7-3-16(4-8-17)21(31)30-13-11-19(12-14-30)32-18-9-5-15(6-10-18)20-27-22(33-28-20)23(24,25)26/h3-10,19H,11-14H2,1-2H3. The molecule has 3 aromatic rings. The minimum absolute atomic E-state index is 0.00134. The van der Waals surface area contributed by atoms with Crippen LogP contribution < -0.4 is 9.64 Å². The number of hydrogen-bond donors (Lipinski definition) is 0. The molecule has 0 aliphatic carbocycles. The lowest BCUT2D eigenvalue weighted by molar-refractivity contribution is -0.159. The van der Waals surface area contributed by atoms with Crippen LogP contribution in [0.4, 0.5) is 18.9 Å². The summed E-state index contributed by atoms with van der Waals surface area (Å²) in [6, 6.07) is 14.0. The average Bonchev–Trinajstić information content (AvgIpc) is 3.31. The Morgan fingerprint density at radius 2 is 1.70 bits per heavy atom. The van der Waals surface area contributed by atoms with Gasteiger partial charge in [0, 0.05) is 56.8 Å². The molecule has 7 nitrogen and oxygen atoms in total. The molecule has 2 heterocycles. The number of nitrogens with zero attached hydrogens (tertiary/aromatic N) is 4. The van der Waals surface area contributed by atoms with Crippen LogP contribution in [0.25, 0.3) is 11.4 Å². The molecule has 0 saturated carbocycles. The van der Waals surface area contributed by atoms with Crippen molar-refractivity contribution in [3.05, 3.63) is 60.0 Å². The SMILES string of the molecule is CN(C)c1ccc(C(=O)N2CCC(Oc3ccc(-c4noc(C(F)(F)F)n4)cc3)CC2)cc1. The highest BCUT2D eigenvalue weighted by atomic mass is 19.4. The summed E-state index contributed by atoms with van der Waals surface area (Å²) in [6.45, 7) is 1.17. The second-order valence-corrected chi connectivity index (χ2v) is 8.00. The van der Waals surface area contributed by atoms with E-state index in [4.69, 9.17) is 4.74 Å². The molecule has 0 unspecified atom stereocenters. The maximum absolute atomic E-state index is 12.8. The summed E-state index contributed by atoms with van der Waals surface area (Å²) in [4.78, 5) is 19.9. The van der Waals surface area contributed by atoms with E-state index >= 15 is 0 Å². The number of carbonyl (C=O) groups is 1. The number of rotatable bonds is 5. The van der Waals surface area contributed by atoms with Gasteiger partial charge in [0.05, 0.1) is 0 Å². The first-order valence-corrected chi connectivity index (χ1v) is 10.5. The highest BCUT2D eigenvalue weighted by Crippen LogP contribution is 2.30. The zero-order valence-electron chi connectivity index (χ0n) is 18.2. The molecule has 1 aromatic heterocycles. The summed E-state index contributed by atoms with van der Waals surface area (Å²) in [6.07, 6.45) is -3.37. The minimum Gasteiger partial charge on any atom is -0.490 e. The van der Waals surface area contributed by atoms with Gasteiger partial charge in [-0.25, -0.2) is 0 Å². The number of likely N-dealkylation sites (tertiary alicyclic amines) is 1. The summed E-state index contributed by atoms with van der Waals surface area (Å²) < 4.78 is 48.1. The second kappa shape index (κ2) is 9.13. The maximum atomic E-state index is 12.8. The molecule has 1 fully saturated rings. The molecule has 33 heavy (non-hydrogen) atoms. The molecular formula is C23H23F3N4O3. The zero-order chi connectivity index (χ0) is 23.6. The first-order chi connectivity index (χ1) is 15.7. The minimum atomic E-state index is -4.68. The van der Waals surface area contributed by atoms with Crippen molar-refractivity contribution in [3.63, 3.8) is 0 Å². The fourth-order valence-corrected chi connectivity index (χ4v) is 3.59. The van der Waals surface area contributed by atoms with Crippen LogP contribution in [0.3, 0.4) is 0 Å². The molecule has 0 spiro atoms. The van der Waals surface area contributed by atoms with Crippen molar-refractivity contribution < 1.29 is 27.2 Å². The zero-order valence-corrected chi connectivity index (χ0v) is 18.2. The van der Waals surface area contributed by atoms with Gasteiger partial charge in [0.15, 0.2) is 0 Å². The van der Waals surface area contributed by atoms with E-state index in [9.17, 15) is 18.0 Å². The second-order valence-electron chi connectivity index (χ2n) is 8.00. The van der Waals surface area contributed by atoms with E-state index in [1.165, 1.54) is 0 Å². The van der Waals surface area contributed by atoms with E-state index in [0.717, 1.165) is 5.69 Å². The molecule has 1 saturated heterocycles.